The third kappa shape index (κ3) is 5.40. The van der Waals surface area contributed by atoms with E-state index in [4.69, 9.17) is 14.7 Å². The molecule has 0 bridgehead atoms. The number of benzene rings is 1. The molecule has 1 aliphatic heterocycles. The fourth-order valence-electron chi connectivity index (χ4n) is 4.42. The number of hydrogen-bond donors (Lipinski definition) is 2. The summed E-state index contributed by atoms with van der Waals surface area (Å²) in [5, 5.41) is 11.3. The molecule has 3 heterocycles. The van der Waals surface area contributed by atoms with Crippen LogP contribution in [0.3, 0.4) is 0 Å². The normalized spacial score (nSPS) is 17.2. The molecule has 4 rings (SSSR count). The van der Waals surface area contributed by atoms with Crippen LogP contribution in [0.15, 0.2) is 18.2 Å². The lowest BCUT2D eigenvalue weighted by Gasteiger charge is -2.25. The lowest BCUT2D eigenvalue weighted by Crippen LogP contribution is -2.36. The summed E-state index contributed by atoms with van der Waals surface area (Å²) in [6.45, 7) is 6.24. The van der Waals surface area contributed by atoms with Gasteiger partial charge in [-0.1, -0.05) is 0 Å². The van der Waals surface area contributed by atoms with Crippen LogP contribution >= 0.6 is 0 Å². The molecule has 0 aliphatic carbocycles. The molecule has 1 aliphatic rings. The van der Waals surface area contributed by atoms with Crippen molar-refractivity contribution in [3.63, 3.8) is 0 Å². The quantitative estimate of drug-likeness (QED) is 0.416. The second kappa shape index (κ2) is 9.34. The molecule has 11 nitrogen and oxygen atoms in total. The molecule has 3 N–H and O–H groups in total. The van der Waals surface area contributed by atoms with E-state index in [0.717, 1.165) is 17.2 Å². The number of carbonyl (C=O) groups excluding carboxylic acids is 1. The van der Waals surface area contributed by atoms with Gasteiger partial charge in [-0.3, -0.25) is 8.98 Å². The van der Waals surface area contributed by atoms with Crippen LogP contribution in [-0.2, 0) is 37.0 Å². The van der Waals surface area contributed by atoms with Crippen molar-refractivity contribution >= 4 is 49.5 Å². The van der Waals surface area contributed by atoms with Gasteiger partial charge in [-0.05, 0) is 45.4 Å². The van der Waals surface area contributed by atoms with Crippen molar-refractivity contribution in [2.45, 2.75) is 58.4 Å². The highest BCUT2D eigenvalue weighted by Gasteiger charge is 2.33. The molecule has 0 saturated carbocycles. The highest BCUT2D eigenvalue weighted by Crippen LogP contribution is 2.34. The minimum absolute atomic E-state index is 0.115. The summed E-state index contributed by atoms with van der Waals surface area (Å²) in [6.07, 6.45) is 1.77. The summed E-state index contributed by atoms with van der Waals surface area (Å²) < 4.78 is 35.4. The van der Waals surface area contributed by atoms with Crippen molar-refractivity contribution in [2.75, 3.05) is 30.1 Å². The molecule has 2 aromatic heterocycles. The number of nitrogens with zero attached hydrogens (tertiary/aromatic N) is 4. The van der Waals surface area contributed by atoms with Crippen molar-refractivity contribution in [3.8, 4) is 0 Å². The summed E-state index contributed by atoms with van der Waals surface area (Å²) in [4.78, 5) is 23.4. The summed E-state index contributed by atoms with van der Waals surface area (Å²) in [6, 6.07) is 4.98. The maximum Gasteiger partial charge on any atom is 0.264 e. The van der Waals surface area contributed by atoms with Crippen LogP contribution in [0, 0.1) is 0 Å². The first-order valence-corrected chi connectivity index (χ1v) is 13.2. The van der Waals surface area contributed by atoms with Gasteiger partial charge in [-0.15, -0.1) is 0 Å². The number of anilines is 2. The van der Waals surface area contributed by atoms with Gasteiger partial charge in [0.25, 0.3) is 10.1 Å². The minimum Gasteiger partial charge on any atom is -0.389 e. The van der Waals surface area contributed by atoms with E-state index in [2.05, 4.69) is 9.97 Å². The van der Waals surface area contributed by atoms with Gasteiger partial charge in [0.05, 0.1) is 42.1 Å². The van der Waals surface area contributed by atoms with E-state index in [1.807, 2.05) is 17.6 Å². The van der Waals surface area contributed by atoms with Crippen LogP contribution in [0.25, 0.3) is 21.9 Å². The Bertz CT molecular complexity index is 1380. The summed E-state index contributed by atoms with van der Waals surface area (Å²) in [7, 11) is -3.63. The molecule has 1 fully saturated rings. The third-order valence-corrected chi connectivity index (χ3v) is 6.39. The number of imidazole rings is 1. The van der Waals surface area contributed by atoms with E-state index in [1.165, 1.54) is 0 Å². The number of ether oxygens (including phenoxy) is 1. The SMILES string of the molecule is CCOCc1nc2c(N)nc3cc(N4C(=O)CC[C@H]4COS(C)(=O)=O)ccc3c2n1CC(C)(C)O. The lowest BCUT2D eigenvalue weighted by atomic mass is 10.1. The average molecular weight is 506 g/mol. The maximum atomic E-state index is 12.7. The predicted octanol–water partition coefficient (Wildman–Crippen LogP) is 1.95. The van der Waals surface area contributed by atoms with E-state index >= 15 is 0 Å². The number of fused-ring (bicyclic) bond motifs is 3. The van der Waals surface area contributed by atoms with Crippen LogP contribution in [-0.4, -0.2) is 65.1 Å². The molecular formula is C23H31N5O6S. The van der Waals surface area contributed by atoms with Crippen LogP contribution in [0.1, 0.15) is 39.4 Å². The molecule has 0 unspecified atom stereocenters. The van der Waals surface area contributed by atoms with Gasteiger partial charge < -0.3 is 25.0 Å². The van der Waals surface area contributed by atoms with Crippen LogP contribution in [0.2, 0.25) is 0 Å². The first-order valence-electron chi connectivity index (χ1n) is 11.4. The molecule has 12 heteroatoms. The van der Waals surface area contributed by atoms with Crippen LogP contribution < -0.4 is 10.6 Å². The number of rotatable bonds is 9. The molecule has 0 radical (unpaired) electrons. The zero-order valence-electron chi connectivity index (χ0n) is 20.3. The molecule has 1 atom stereocenters. The maximum absolute atomic E-state index is 12.7. The third-order valence-electron chi connectivity index (χ3n) is 5.82. The Kier molecular flexibility index (Phi) is 6.75. The number of carbonyl (C=O) groups is 1. The Hall–Kier alpha value is -2.80. The summed E-state index contributed by atoms with van der Waals surface area (Å²) in [5.74, 6) is 0.731. The molecule has 1 saturated heterocycles. The van der Waals surface area contributed by atoms with Crippen molar-refractivity contribution in [2.24, 2.45) is 0 Å². The van der Waals surface area contributed by atoms with E-state index < -0.39 is 21.8 Å². The summed E-state index contributed by atoms with van der Waals surface area (Å²) >= 11 is 0. The molecule has 3 aromatic rings. The fraction of sp³-hybridized carbons (Fsp3) is 0.522. The van der Waals surface area contributed by atoms with E-state index in [9.17, 15) is 18.3 Å². The Morgan fingerprint density at radius 2 is 2.03 bits per heavy atom. The number of nitrogen functional groups attached to an aromatic ring is 1. The Morgan fingerprint density at radius 3 is 2.69 bits per heavy atom. The number of amides is 1. The summed E-state index contributed by atoms with van der Waals surface area (Å²) in [5.41, 5.74) is 7.64. The van der Waals surface area contributed by atoms with Gasteiger partial charge in [0.1, 0.15) is 17.9 Å². The second-order valence-electron chi connectivity index (χ2n) is 9.40. The number of aliphatic hydroxyl groups is 1. The van der Waals surface area contributed by atoms with Gasteiger partial charge in [-0.2, -0.15) is 8.42 Å². The minimum atomic E-state index is -3.63. The standard InChI is InChI=1S/C23H31N5O6S/c1-5-33-12-18-26-20-21(27(18)13-23(2,3)30)16-8-6-14(10-17(16)25-22(20)24)28-15(7-9-19(28)29)11-34-35(4,31)32/h6,8,10,15,30H,5,7,9,11-13H2,1-4H3,(H2,24,25)/t15-/m0/s1. The monoisotopic (exact) mass is 505 g/mol. The molecular weight excluding hydrogens is 474 g/mol. The van der Waals surface area contributed by atoms with Crippen LogP contribution in [0.5, 0.6) is 0 Å². The topological polar surface area (TPSA) is 150 Å². The van der Waals surface area contributed by atoms with Crippen molar-refractivity contribution < 1.29 is 27.2 Å². The van der Waals surface area contributed by atoms with Crippen molar-refractivity contribution in [1.82, 2.24) is 14.5 Å². The highest BCUT2D eigenvalue weighted by atomic mass is 32.2. The number of nitrogens with two attached hydrogens (primary N) is 1. The number of aromatic nitrogens is 3. The first kappa shape index (κ1) is 25.3. The first-order chi connectivity index (χ1) is 16.4. The number of hydrogen-bond acceptors (Lipinski definition) is 9. The fourth-order valence-corrected chi connectivity index (χ4v) is 4.82. The zero-order chi connectivity index (χ0) is 25.5. The smallest absolute Gasteiger partial charge is 0.264 e. The molecule has 1 amide bonds. The molecule has 190 valence electrons. The van der Waals surface area contributed by atoms with Gasteiger partial charge >= 0.3 is 0 Å². The van der Waals surface area contributed by atoms with E-state index in [0.29, 0.717) is 42.0 Å². The van der Waals surface area contributed by atoms with Gasteiger partial charge in [0.15, 0.2) is 5.82 Å². The van der Waals surface area contributed by atoms with Crippen molar-refractivity contribution in [3.05, 3.63) is 24.0 Å². The lowest BCUT2D eigenvalue weighted by molar-refractivity contribution is -0.117. The Morgan fingerprint density at radius 1 is 1.29 bits per heavy atom. The van der Waals surface area contributed by atoms with Gasteiger partial charge in [0, 0.05) is 24.1 Å². The average Bonchev–Trinajstić information content (AvgIpc) is 3.29. The molecule has 35 heavy (non-hydrogen) atoms. The van der Waals surface area contributed by atoms with E-state index in [1.54, 1.807) is 30.9 Å². The molecule has 1 aromatic carbocycles. The Balaban J connectivity index is 1.82. The van der Waals surface area contributed by atoms with Crippen molar-refractivity contribution in [1.29, 1.82) is 0 Å². The van der Waals surface area contributed by atoms with Crippen LogP contribution in [0.4, 0.5) is 11.5 Å². The van der Waals surface area contributed by atoms with Gasteiger partial charge in [0.2, 0.25) is 5.91 Å². The highest BCUT2D eigenvalue weighted by molar-refractivity contribution is 7.85. The zero-order valence-corrected chi connectivity index (χ0v) is 21.1. The molecule has 0 spiro atoms. The number of pyridine rings is 1. The van der Waals surface area contributed by atoms with E-state index in [-0.39, 0.29) is 31.5 Å². The predicted molar refractivity (Wildman–Crippen MR) is 132 cm³/mol. The largest absolute Gasteiger partial charge is 0.389 e. The second-order valence-corrected chi connectivity index (χ2v) is 11.0. The van der Waals surface area contributed by atoms with Gasteiger partial charge in [-0.25, -0.2) is 9.97 Å². The Labute approximate surface area is 204 Å².